The first-order valence-corrected chi connectivity index (χ1v) is 11.1. The van der Waals surface area contributed by atoms with Crippen molar-refractivity contribution in [2.24, 2.45) is 0 Å². The van der Waals surface area contributed by atoms with E-state index in [2.05, 4.69) is 5.32 Å². The third-order valence-corrected chi connectivity index (χ3v) is 6.53. The van der Waals surface area contributed by atoms with Crippen molar-refractivity contribution in [1.29, 1.82) is 0 Å². The van der Waals surface area contributed by atoms with E-state index in [-0.39, 0.29) is 29.4 Å². The van der Waals surface area contributed by atoms with Crippen LogP contribution >= 0.6 is 0 Å². The Morgan fingerprint density at radius 2 is 1.77 bits per heavy atom. The standard InChI is InChI=1S/C26H26N2O7/c1-14-23(26(30)35-4)24(16-6-5-7-18(10-16)28(31)32)25-19(27-14)11-17(12-20(25)29)15-8-9-21(33-2)22(13-15)34-3/h5-10,13,17,24,27H,11-12H2,1-4H3/t17-,24-/m1/s1. The van der Waals surface area contributed by atoms with Gasteiger partial charge in [0, 0.05) is 41.4 Å². The highest BCUT2D eigenvalue weighted by Gasteiger charge is 2.41. The zero-order valence-electron chi connectivity index (χ0n) is 19.9. The van der Waals surface area contributed by atoms with Gasteiger partial charge in [-0.05, 0) is 42.5 Å². The van der Waals surface area contributed by atoms with Gasteiger partial charge < -0.3 is 19.5 Å². The molecule has 0 aromatic heterocycles. The summed E-state index contributed by atoms with van der Waals surface area (Å²) in [6, 6.07) is 11.6. The summed E-state index contributed by atoms with van der Waals surface area (Å²) in [4.78, 5) is 37.3. The Bertz CT molecular complexity index is 1280. The SMILES string of the molecule is COC(=O)C1=C(C)NC2=C(C(=O)C[C@H](c3ccc(OC)c(OC)c3)C2)[C@@H]1c1cccc([N+](=O)[O-])c1. The first-order chi connectivity index (χ1) is 16.8. The van der Waals surface area contributed by atoms with Gasteiger partial charge in [-0.1, -0.05) is 18.2 Å². The quantitative estimate of drug-likeness (QED) is 0.374. The van der Waals surface area contributed by atoms with Crippen LogP contribution in [0, 0.1) is 10.1 Å². The number of carbonyl (C=O) groups is 2. The van der Waals surface area contributed by atoms with Gasteiger partial charge in [-0.3, -0.25) is 14.9 Å². The number of hydrogen-bond acceptors (Lipinski definition) is 8. The van der Waals surface area contributed by atoms with E-state index in [1.807, 2.05) is 18.2 Å². The van der Waals surface area contributed by atoms with Crippen LogP contribution in [0.5, 0.6) is 11.5 Å². The molecule has 1 N–H and O–H groups in total. The highest BCUT2D eigenvalue weighted by Crippen LogP contribution is 2.46. The Morgan fingerprint density at radius 1 is 1.03 bits per heavy atom. The maximum Gasteiger partial charge on any atom is 0.336 e. The number of hydrogen-bond donors (Lipinski definition) is 1. The van der Waals surface area contributed by atoms with Gasteiger partial charge >= 0.3 is 5.97 Å². The van der Waals surface area contributed by atoms with Crippen molar-refractivity contribution >= 4 is 17.4 Å². The van der Waals surface area contributed by atoms with E-state index >= 15 is 0 Å². The highest BCUT2D eigenvalue weighted by molar-refractivity contribution is 6.04. The van der Waals surface area contributed by atoms with Crippen molar-refractivity contribution in [3.8, 4) is 11.5 Å². The average Bonchev–Trinajstić information content (AvgIpc) is 2.86. The molecule has 0 fully saturated rings. The predicted octanol–water partition coefficient (Wildman–Crippen LogP) is 4.15. The van der Waals surface area contributed by atoms with Crippen LogP contribution < -0.4 is 14.8 Å². The number of carbonyl (C=O) groups excluding carboxylic acids is 2. The molecule has 1 heterocycles. The number of benzene rings is 2. The number of dihydropyridines is 1. The zero-order valence-corrected chi connectivity index (χ0v) is 19.9. The smallest absolute Gasteiger partial charge is 0.336 e. The van der Waals surface area contributed by atoms with Crippen LogP contribution in [0.1, 0.15) is 42.7 Å². The molecular formula is C26H26N2O7. The molecule has 182 valence electrons. The van der Waals surface area contributed by atoms with Gasteiger partial charge in [0.25, 0.3) is 5.69 Å². The summed E-state index contributed by atoms with van der Waals surface area (Å²) in [6.45, 7) is 1.74. The summed E-state index contributed by atoms with van der Waals surface area (Å²) >= 11 is 0. The van der Waals surface area contributed by atoms with Crippen molar-refractivity contribution in [3.05, 3.63) is 86.2 Å². The minimum Gasteiger partial charge on any atom is -0.493 e. The second-order valence-corrected chi connectivity index (χ2v) is 8.48. The molecule has 2 aliphatic rings. The van der Waals surface area contributed by atoms with Crippen LogP contribution in [-0.2, 0) is 14.3 Å². The molecule has 35 heavy (non-hydrogen) atoms. The van der Waals surface area contributed by atoms with Crippen LogP contribution in [0.15, 0.2) is 65.0 Å². The van der Waals surface area contributed by atoms with Crippen molar-refractivity contribution in [2.45, 2.75) is 31.6 Å². The molecule has 2 aromatic carbocycles. The number of nitro groups is 1. The van der Waals surface area contributed by atoms with Gasteiger partial charge in [0.15, 0.2) is 17.3 Å². The number of methoxy groups -OCH3 is 3. The lowest BCUT2D eigenvalue weighted by atomic mass is 9.71. The molecule has 0 bridgehead atoms. The van der Waals surface area contributed by atoms with E-state index in [9.17, 15) is 19.7 Å². The summed E-state index contributed by atoms with van der Waals surface area (Å²) in [5, 5.41) is 14.7. The van der Waals surface area contributed by atoms with Crippen LogP contribution in [0.2, 0.25) is 0 Å². The number of esters is 1. The van der Waals surface area contributed by atoms with E-state index in [1.54, 1.807) is 33.3 Å². The molecule has 1 aliphatic heterocycles. The number of ketones is 1. The summed E-state index contributed by atoms with van der Waals surface area (Å²) in [5.41, 5.74) is 3.26. The molecule has 9 heteroatoms. The lowest BCUT2D eigenvalue weighted by molar-refractivity contribution is -0.384. The Balaban J connectivity index is 1.80. The molecular weight excluding hydrogens is 452 g/mol. The lowest BCUT2D eigenvalue weighted by Gasteiger charge is -2.36. The Labute approximate surface area is 202 Å². The van der Waals surface area contributed by atoms with E-state index in [0.717, 1.165) is 5.56 Å². The molecule has 4 rings (SSSR count). The topological polar surface area (TPSA) is 117 Å². The van der Waals surface area contributed by atoms with Gasteiger partial charge in [-0.15, -0.1) is 0 Å². The third-order valence-electron chi connectivity index (χ3n) is 6.53. The minimum absolute atomic E-state index is 0.114. The predicted molar refractivity (Wildman–Crippen MR) is 127 cm³/mol. The fourth-order valence-corrected chi connectivity index (χ4v) is 4.91. The van der Waals surface area contributed by atoms with Crippen LogP contribution in [0.3, 0.4) is 0 Å². The van der Waals surface area contributed by atoms with E-state index in [1.165, 1.54) is 19.2 Å². The van der Waals surface area contributed by atoms with Gasteiger partial charge in [0.1, 0.15) is 0 Å². The molecule has 9 nitrogen and oxygen atoms in total. The number of nitrogens with one attached hydrogen (secondary N) is 1. The number of allylic oxidation sites excluding steroid dienone is 3. The largest absolute Gasteiger partial charge is 0.493 e. The van der Waals surface area contributed by atoms with Crippen molar-refractivity contribution in [2.75, 3.05) is 21.3 Å². The van der Waals surface area contributed by atoms with Crippen LogP contribution in [-0.4, -0.2) is 38.0 Å². The highest BCUT2D eigenvalue weighted by atomic mass is 16.6. The summed E-state index contributed by atoms with van der Waals surface area (Å²) in [7, 11) is 4.39. The molecule has 1 aliphatic carbocycles. The number of nitro benzene ring substituents is 1. The molecule has 0 saturated carbocycles. The second kappa shape index (κ2) is 9.61. The summed E-state index contributed by atoms with van der Waals surface area (Å²) < 4.78 is 15.8. The average molecular weight is 479 g/mol. The minimum atomic E-state index is -0.766. The van der Waals surface area contributed by atoms with Gasteiger partial charge in [0.2, 0.25) is 0 Å². The number of ether oxygens (including phenoxy) is 3. The van der Waals surface area contributed by atoms with E-state index in [4.69, 9.17) is 14.2 Å². The second-order valence-electron chi connectivity index (χ2n) is 8.48. The fraction of sp³-hybridized carbons (Fsp3) is 0.308. The van der Waals surface area contributed by atoms with Gasteiger partial charge in [-0.25, -0.2) is 4.79 Å². The van der Waals surface area contributed by atoms with Crippen LogP contribution in [0.4, 0.5) is 5.69 Å². The van der Waals surface area contributed by atoms with Gasteiger partial charge in [0.05, 0.1) is 31.8 Å². The molecule has 0 radical (unpaired) electrons. The van der Waals surface area contributed by atoms with Crippen molar-refractivity contribution in [1.82, 2.24) is 5.32 Å². The van der Waals surface area contributed by atoms with Gasteiger partial charge in [-0.2, -0.15) is 0 Å². The monoisotopic (exact) mass is 478 g/mol. The van der Waals surface area contributed by atoms with E-state index < -0.39 is 16.8 Å². The van der Waals surface area contributed by atoms with Crippen molar-refractivity contribution < 1.29 is 28.7 Å². The first kappa shape index (κ1) is 24.0. The first-order valence-electron chi connectivity index (χ1n) is 11.1. The normalized spacial score (nSPS) is 19.6. The molecule has 0 unspecified atom stereocenters. The number of rotatable bonds is 6. The Morgan fingerprint density at radius 3 is 2.43 bits per heavy atom. The zero-order chi connectivity index (χ0) is 25.3. The third kappa shape index (κ3) is 4.37. The maximum atomic E-state index is 13.6. The molecule has 0 spiro atoms. The lowest BCUT2D eigenvalue weighted by Crippen LogP contribution is -2.36. The van der Waals surface area contributed by atoms with Crippen molar-refractivity contribution in [3.63, 3.8) is 0 Å². The van der Waals surface area contributed by atoms with Crippen LogP contribution in [0.25, 0.3) is 0 Å². The fourth-order valence-electron chi connectivity index (χ4n) is 4.91. The Hall–Kier alpha value is -4.14. The van der Waals surface area contributed by atoms with E-state index in [0.29, 0.717) is 40.5 Å². The number of Topliss-reactive ketones (excluding diaryl/α,β-unsaturated/α-hetero) is 1. The molecule has 2 atom stereocenters. The Kier molecular flexibility index (Phi) is 6.59. The summed E-state index contributed by atoms with van der Waals surface area (Å²) in [6.07, 6.45) is 0.739. The molecule has 2 aromatic rings. The maximum absolute atomic E-state index is 13.6. The molecule has 0 saturated heterocycles. The summed E-state index contributed by atoms with van der Waals surface area (Å²) in [5.74, 6) is -0.435. The number of nitrogens with zero attached hydrogens (tertiary/aromatic N) is 1. The molecule has 0 amide bonds. The number of non-ortho nitro benzene ring substituents is 1.